The third-order valence-corrected chi connectivity index (χ3v) is 6.04. The number of halogens is 1. The second-order valence-electron chi connectivity index (χ2n) is 8.92. The van der Waals surface area contributed by atoms with Gasteiger partial charge in [0.1, 0.15) is 22.9 Å². The lowest BCUT2D eigenvalue weighted by molar-refractivity contribution is 0.102. The maximum Gasteiger partial charge on any atom is 0.261 e. The number of unbranched alkanes of at least 4 members (excludes halogenated alkanes) is 1. The molecule has 0 aliphatic heterocycles. The molecular weight excluding hydrogens is 483 g/mol. The van der Waals surface area contributed by atoms with E-state index in [1.165, 1.54) is 6.07 Å². The number of carbonyl (C=O) groups excluding carboxylic acids is 1. The highest BCUT2D eigenvalue weighted by Crippen LogP contribution is 2.30. The molecule has 196 valence electrons. The molecule has 2 N–H and O–H groups in total. The quantitative estimate of drug-likeness (QED) is 0.224. The molecular formula is C31H31FN2O4. The lowest BCUT2D eigenvalue weighted by Gasteiger charge is -2.14. The van der Waals surface area contributed by atoms with Crippen LogP contribution in [0.2, 0.25) is 0 Å². The second-order valence-corrected chi connectivity index (χ2v) is 8.92. The summed E-state index contributed by atoms with van der Waals surface area (Å²) in [6.45, 7) is 6.92. The predicted molar refractivity (Wildman–Crippen MR) is 149 cm³/mol. The zero-order valence-electron chi connectivity index (χ0n) is 21.8. The number of aromatic nitrogens is 1. The molecule has 0 fully saturated rings. The van der Waals surface area contributed by atoms with Crippen molar-refractivity contribution in [3.63, 3.8) is 0 Å². The zero-order chi connectivity index (χ0) is 27.1. The number of carbonyl (C=O) groups is 1. The van der Waals surface area contributed by atoms with Crippen LogP contribution in [0.4, 0.5) is 10.1 Å². The van der Waals surface area contributed by atoms with Crippen LogP contribution in [0.1, 0.15) is 42.6 Å². The Kier molecular flexibility index (Phi) is 8.58. The molecule has 0 aliphatic carbocycles. The van der Waals surface area contributed by atoms with Gasteiger partial charge in [0.05, 0.1) is 18.9 Å². The molecule has 6 nitrogen and oxygen atoms in total. The average Bonchev–Trinajstić information content (AvgIpc) is 2.90. The Morgan fingerprint density at radius 2 is 1.61 bits per heavy atom. The van der Waals surface area contributed by atoms with Gasteiger partial charge in [0.25, 0.3) is 11.5 Å². The van der Waals surface area contributed by atoms with Gasteiger partial charge in [-0.2, -0.15) is 0 Å². The van der Waals surface area contributed by atoms with Crippen molar-refractivity contribution < 1.29 is 18.7 Å². The summed E-state index contributed by atoms with van der Waals surface area (Å²) in [6, 6.07) is 20.5. The third kappa shape index (κ3) is 6.29. The van der Waals surface area contributed by atoms with Crippen LogP contribution in [-0.4, -0.2) is 24.1 Å². The first kappa shape index (κ1) is 26.7. The SMILES string of the molecule is CCCCOc1ccc(-c2cc(-c3ccc(C)cc3)c(C(=O)Nc3ccc(OCC)cc3)c(=O)[nH]2)c(F)c1. The van der Waals surface area contributed by atoms with Crippen LogP contribution < -0.4 is 20.3 Å². The van der Waals surface area contributed by atoms with Crippen molar-refractivity contribution in [2.45, 2.75) is 33.6 Å². The Morgan fingerprint density at radius 1 is 0.895 bits per heavy atom. The van der Waals surface area contributed by atoms with E-state index < -0.39 is 17.3 Å². The first-order valence-corrected chi connectivity index (χ1v) is 12.7. The molecule has 7 heteroatoms. The zero-order valence-corrected chi connectivity index (χ0v) is 21.8. The van der Waals surface area contributed by atoms with Crippen molar-refractivity contribution in [3.05, 3.63) is 100 Å². The summed E-state index contributed by atoms with van der Waals surface area (Å²) in [7, 11) is 0. The summed E-state index contributed by atoms with van der Waals surface area (Å²) in [5.41, 5.74) is 2.40. The van der Waals surface area contributed by atoms with Gasteiger partial charge in [0, 0.05) is 22.9 Å². The van der Waals surface area contributed by atoms with Crippen LogP contribution in [0.25, 0.3) is 22.4 Å². The van der Waals surface area contributed by atoms with Gasteiger partial charge in [0.15, 0.2) is 0 Å². The van der Waals surface area contributed by atoms with E-state index in [0.717, 1.165) is 18.4 Å². The van der Waals surface area contributed by atoms with E-state index in [4.69, 9.17) is 9.47 Å². The monoisotopic (exact) mass is 514 g/mol. The summed E-state index contributed by atoms with van der Waals surface area (Å²) < 4.78 is 26.2. The molecule has 0 saturated carbocycles. The molecule has 3 aromatic carbocycles. The van der Waals surface area contributed by atoms with Crippen molar-refractivity contribution in [3.8, 4) is 33.9 Å². The van der Waals surface area contributed by atoms with Gasteiger partial charge < -0.3 is 19.8 Å². The molecule has 0 atom stereocenters. The minimum atomic E-state index is -0.621. The first-order valence-electron chi connectivity index (χ1n) is 12.7. The lowest BCUT2D eigenvalue weighted by Crippen LogP contribution is -2.25. The van der Waals surface area contributed by atoms with Crippen LogP contribution in [0.5, 0.6) is 11.5 Å². The molecule has 0 unspecified atom stereocenters. The fourth-order valence-electron chi connectivity index (χ4n) is 4.02. The van der Waals surface area contributed by atoms with E-state index in [1.54, 1.807) is 42.5 Å². The maximum atomic E-state index is 15.1. The topological polar surface area (TPSA) is 80.4 Å². The van der Waals surface area contributed by atoms with E-state index in [2.05, 4.69) is 17.2 Å². The Bertz CT molecular complexity index is 1460. The van der Waals surface area contributed by atoms with Crippen LogP contribution in [0, 0.1) is 12.7 Å². The van der Waals surface area contributed by atoms with Crippen molar-refractivity contribution in [2.75, 3.05) is 18.5 Å². The van der Waals surface area contributed by atoms with Crippen LogP contribution in [-0.2, 0) is 0 Å². The minimum Gasteiger partial charge on any atom is -0.494 e. The van der Waals surface area contributed by atoms with Gasteiger partial charge in [0.2, 0.25) is 0 Å². The van der Waals surface area contributed by atoms with E-state index in [1.807, 2.05) is 38.1 Å². The summed E-state index contributed by atoms with van der Waals surface area (Å²) in [5.74, 6) is -0.00205. The first-order chi connectivity index (χ1) is 18.4. The molecule has 4 aromatic rings. The Balaban J connectivity index is 1.73. The number of amides is 1. The molecule has 0 radical (unpaired) electrons. The van der Waals surface area contributed by atoms with E-state index in [0.29, 0.717) is 41.5 Å². The van der Waals surface area contributed by atoms with Crippen LogP contribution in [0.15, 0.2) is 77.6 Å². The van der Waals surface area contributed by atoms with E-state index >= 15 is 4.39 Å². The maximum absolute atomic E-state index is 15.1. The second kappa shape index (κ2) is 12.2. The van der Waals surface area contributed by atoms with Gasteiger partial charge in [-0.1, -0.05) is 43.2 Å². The molecule has 0 spiro atoms. The lowest BCUT2D eigenvalue weighted by atomic mass is 9.97. The molecule has 1 aromatic heterocycles. The Labute approximate surface area is 221 Å². The molecule has 0 bridgehead atoms. The van der Waals surface area contributed by atoms with Crippen LogP contribution >= 0.6 is 0 Å². The number of aryl methyl sites for hydroxylation is 1. The standard InChI is InChI=1S/C31H31FN2O4/c1-4-6-17-38-24-15-16-25(27(32)18-24)28-19-26(21-9-7-20(3)8-10-21)29(31(36)34-28)30(35)33-22-11-13-23(14-12-22)37-5-2/h7-16,18-19H,4-6,17H2,1-3H3,(H,33,35)(H,34,36). The normalized spacial score (nSPS) is 10.7. The van der Waals surface area contributed by atoms with Gasteiger partial charge in [-0.25, -0.2) is 4.39 Å². The molecule has 0 aliphatic rings. The Hall–Kier alpha value is -4.39. The molecule has 4 rings (SSSR count). The van der Waals surface area contributed by atoms with E-state index in [-0.39, 0.29) is 16.8 Å². The highest BCUT2D eigenvalue weighted by Gasteiger charge is 2.21. The number of anilines is 1. The van der Waals surface area contributed by atoms with E-state index in [9.17, 15) is 9.59 Å². The fourth-order valence-corrected chi connectivity index (χ4v) is 4.02. The van der Waals surface area contributed by atoms with Gasteiger partial charge in [-0.15, -0.1) is 0 Å². The minimum absolute atomic E-state index is 0.0635. The van der Waals surface area contributed by atoms with Crippen LogP contribution in [0.3, 0.4) is 0 Å². The molecule has 1 heterocycles. The number of H-pyrrole nitrogens is 1. The Morgan fingerprint density at radius 3 is 2.26 bits per heavy atom. The fraction of sp³-hybridized carbons (Fsp3) is 0.226. The number of pyridine rings is 1. The van der Waals surface area contributed by atoms with Crippen molar-refractivity contribution in [1.82, 2.24) is 4.98 Å². The van der Waals surface area contributed by atoms with Gasteiger partial charge in [-0.3, -0.25) is 9.59 Å². The largest absolute Gasteiger partial charge is 0.494 e. The highest BCUT2D eigenvalue weighted by atomic mass is 19.1. The smallest absolute Gasteiger partial charge is 0.261 e. The summed E-state index contributed by atoms with van der Waals surface area (Å²) in [5, 5.41) is 2.79. The van der Waals surface area contributed by atoms with Crippen molar-refractivity contribution in [1.29, 1.82) is 0 Å². The number of rotatable bonds is 10. The number of hydrogen-bond acceptors (Lipinski definition) is 4. The van der Waals surface area contributed by atoms with Crippen molar-refractivity contribution in [2.24, 2.45) is 0 Å². The predicted octanol–water partition coefficient (Wildman–Crippen LogP) is 6.99. The average molecular weight is 515 g/mol. The number of ether oxygens (including phenoxy) is 2. The van der Waals surface area contributed by atoms with Gasteiger partial charge >= 0.3 is 0 Å². The number of hydrogen-bond donors (Lipinski definition) is 2. The highest BCUT2D eigenvalue weighted by molar-refractivity contribution is 6.08. The molecule has 1 amide bonds. The number of benzene rings is 3. The molecule has 0 saturated heterocycles. The summed E-state index contributed by atoms with van der Waals surface area (Å²) in [4.78, 5) is 29.4. The number of aromatic amines is 1. The number of nitrogens with one attached hydrogen (secondary N) is 2. The third-order valence-electron chi connectivity index (χ3n) is 6.04. The summed E-state index contributed by atoms with van der Waals surface area (Å²) >= 11 is 0. The molecule has 38 heavy (non-hydrogen) atoms. The summed E-state index contributed by atoms with van der Waals surface area (Å²) in [6.07, 6.45) is 1.85. The van der Waals surface area contributed by atoms with Crippen molar-refractivity contribution >= 4 is 11.6 Å². The van der Waals surface area contributed by atoms with Gasteiger partial charge in [-0.05, 0) is 68.3 Å².